The van der Waals surface area contributed by atoms with E-state index in [1.54, 1.807) is 18.5 Å². The summed E-state index contributed by atoms with van der Waals surface area (Å²) in [5, 5.41) is 3.15. The van der Waals surface area contributed by atoms with Crippen LogP contribution >= 0.6 is 0 Å². The molecule has 0 unspecified atom stereocenters. The molecule has 1 aliphatic rings. The third-order valence-electron chi connectivity index (χ3n) is 3.41. The molecule has 4 nitrogen and oxygen atoms in total. The van der Waals surface area contributed by atoms with Crippen molar-refractivity contribution in [2.24, 2.45) is 0 Å². The zero-order valence-electron chi connectivity index (χ0n) is 10.7. The van der Waals surface area contributed by atoms with Gasteiger partial charge < -0.3 is 15.2 Å². The van der Waals surface area contributed by atoms with Gasteiger partial charge in [-0.15, -0.1) is 0 Å². The number of imidazole rings is 1. The van der Waals surface area contributed by atoms with Crippen molar-refractivity contribution in [3.05, 3.63) is 42.2 Å². The first-order chi connectivity index (χ1) is 9.33. The smallest absolute Gasteiger partial charge is 0.148 e. The minimum absolute atomic E-state index is 0.161. The Balaban J connectivity index is 1.68. The molecule has 0 aliphatic carbocycles. The molecular formula is C14H17FN4. The number of anilines is 2. The van der Waals surface area contributed by atoms with E-state index in [-0.39, 0.29) is 5.82 Å². The minimum Gasteiger partial charge on any atom is -0.378 e. The quantitative estimate of drug-likeness (QED) is 0.888. The largest absolute Gasteiger partial charge is 0.378 e. The first kappa shape index (κ1) is 12.0. The fourth-order valence-corrected chi connectivity index (χ4v) is 2.41. The van der Waals surface area contributed by atoms with Crippen LogP contribution in [0.4, 0.5) is 15.8 Å². The summed E-state index contributed by atoms with van der Waals surface area (Å²) in [6.07, 6.45) is 5.78. The lowest BCUT2D eigenvalue weighted by Crippen LogP contribution is -2.19. The predicted molar refractivity (Wildman–Crippen MR) is 73.8 cm³/mol. The molecule has 2 aromatic rings. The fraction of sp³-hybridized carbons (Fsp3) is 0.357. The minimum atomic E-state index is -0.161. The van der Waals surface area contributed by atoms with E-state index in [1.807, 2.05) is 12.1 Å². The maximum absolute atomic E-state index is 14.1. The molecule has 19 heavy (non-hydrogen) atoms. The summed E-state index contributed by atoms with van der Waals surface area (Å²) in [6, 6.07) is 5.32. The number of hydrogen-bond donors (Lipinski definition) is 2. The normalized spacial score (nSPS) is 14.9. The van der Waals surface area contributed by atoms with Gasteiger partial charge in [0.1, 0.15) is 11.6 Å². The van der Waals surface area contributed by atoms with E-state index >= 15 is 0 Å². The zero-order chi connectivity index (χ0) is 13.1. The van der Waals surface area contributed by atoms with Gasteiger partial charge in [-0.2, -0.15) is 0 Å². The molecule has 100 valence electrons. The van der Waals surface area contributed by atoms with E-state index in [9.17, 15) is 4.39 Å². The molecule has 1 aliphatic heterocycles. The Morgan fingerprint density at radius 1 is 1.32 bits per heavy atom. The molecule has 2 N–H and O–H groups in total. The zero-order valence-corrected chi connectivity index (χ0v) is 10.7. The number of benzene rings is 1. The van der Waals surface area contributed by atoms with Crippen LogP contribution in [0.3, 0.4) is 0 Å². The van der Waals surface area contributed by atoms with Gasteiger partial charge in [0.25, 0.3) is 0 Å². The van der Waals surface area contributed by atoms with Gasteiger partial charge in [0, 0.05) is 31.2 Å². The molecule has 1 aromatic carbocycles. The number of halogens is 1. The second-order valence-electron chi connectivity index (χ2n) is 4.75. The number of H-pyrrole nitrogens is 1. The number of nitrogens with zero attached hydrogens (tertiary/aromatic N) is 2. The SMILES string of the molecule is Fc1cc(NCc2ncc[nH]2)ccc1N1CCCC1. The van der Waals surface area contributed by atoms with Crippen molar-refractivity contribution in [1.29, 1.82) is 0 Å². The summed E-state index contributed by atoms with van der Waals surface area (Å²) in [5.74, 6) is 0.676. The van der Waals surface area contributed by atoms with Crippen LogP contribution in [0.5, 0.6) is 0 Å². The molecule has 0 spiro atoms. The standard InChI is InChI=1S/C14H17FN4/c15-12-9-11(18-10-14-16-5-6-17-14)3-4-13(12)19-7-1-2-8-19/h3-6,9,18H,1-2,7-8,10H2,(H,16,17). The third kappa shape index (κ3) is 2.70. The molecule has 0 amide bonds. The molecule has 5 heteroatoms. The molecular weight excluding hydrogens is 243 g/mol. The van der Waals surface area contributed by atoms with Crippen molar-refractivity contribution in [3.8, 4) is 0 Å². The highest BCUT2D eigenvalue weighted by Gasteiger charge is 2.16. The third-order valence-corrected chi connectivity index (χ3v) is 3.41. The van der Waals surface area contributed by atoms with Crippen LogP contribution < -0.4 is 10.2 Å². The summed E-state index contributed by atoms with van der Waals surface area (Å²) in [5.41, 5.74) is 1.48. The summed E-state index contributed by atoms with van der Waals surface area (Å²) in [6.45, 7) is 2.47. The summed E-state index contributed by atoms with van der Waals surface area (Å²) in [4.78, 5) is 9.22. The van der Waals surface area contributed by atoms with Gasteiger partial charge in [0.2, 0.25) is 0 Å². The van der Waals surface area contributed by atoms with Gasteiger partial charge in [-0.25, -0.2) is 9.37 Å². The maximum Gasteiger partial charge on any atom is 0.148 e. The van der Waals surface area contributed by atoms with Crippen LogP contribution in [0.25, 0.3) is 0 Å². The van der Waals surface area contributed by atoms with E-state index in [4.69, 9.17) is 0 Å². The molecule has 3 rings (SSSR count). The number of aromatic nitrogens is 2. The molecule has 0 atom stereocenters. The molecule has 0 saturated carbocycles. The first-order valence-corrected chi connectivity index (χ1v) is 6.59. The van der Waals surface area contributed by atoms with E-state index in [2.05, 4.69) is 20.2 Å². The number of aromatic amines is 1. The molecule has 0 bridgehead atoms. The van der Waals surface area contributed by atoms with Crippen molar-refractivity contribution >= 4 is 11.4 Å². The van der Waals surface area contributed by atoms with Crippen LogP contribution in [0.2, 0.25) is 0 Å². The predicted octanol–water partition coefficient (Wildman–Crippen LogP) is 2.76. The Labute approximate surface area is 111 Å². The van der Waals surface area contributed by atoms with Gasteiger partial charge in [0.05, 0.1) is 12.2 Å². The van der Waals surface area contributed by atoms with E-state index in [0.717, 1.165) is 37.4 Å². The Morgan fingerprint density at radius 2 is 2.16 bits per heavy atom. The van der Waals surface area contributed by atoms with Crippen molar-refractivity contribution in [1.82, 2.24) is 9.97 Å². The second-order valence-corrected chi connectivity index (χ2v) is 4.75. The van der Waals surface area contributed by atoms with Gasteiger partial charge in [-0.3, -0.25) is 0 Å². The Bertz CT molecular complexity index is 532. The van der Waals surface area contributed by atoms with Crippen LogP contribution in [-0.2, 0) is 6.54 Å². The molecule has 1 saturated heterocycles. The van der Waals surface area contributed by atoms with Crippen molar-refractivity contribution in [2.75, 3.05) is 23.3 Å². The highest BCUT2D eigenvalue weighted by molar-refractivity contribution is 5.56. The Kier molecular flexibility index (Phi) is 3.35. The average Bonchev–Trinajstić information content (AvgIpc) is 3.10. The van der Waals surface area contributed by atoms with Crippen molar-refractivity contribution < 1.29 is 4.39 Å². The monoisotopic (exact) mass is 260 g/mol. The summed E-state index contributed by atoms with van der Waals surface area (Å²) in [7, 11) is 0. The topological polar surface area (TPSA) is 44.0 Å². The highest BCUT2D eigenvalue weighted by Crippen LogP contribution is 2.26. The number of hydrogen-bond acceptors (Lipinski definition) is 3. The number of rotatable bonds is 4. The second kappa shape index (κ2) is 5.30. The highest BCUT2D eigenvalue weighted by atomic mass is 19.1. The van der Waals surface area contributed by atoms with Crippen LogP contribution in [0, 0.1) is 5.82 Å². The van der Waals surface area contributed by atoms with Gasteiger partial charge in [-0.1, -0.05) is 0 Å². The number of nitrogens with one attached hydrogen (secondary N) is 2. The summed E-state index contributed by atoms with van der Waals surface area (Å²) < 4.78 is 14.1. The first-order valence-electron chi connectivity index (χ1n) is 6.59. The Hall–Kier alpha value is -2.04. The van der Waals surface area contributed by atoms with Crippen molar-refractivity contribution in [2.45, 2.75) is 19.4 Å². The lowest BCUT2D eigenvalue weighted by molar-refractivity contribution is 0.623. The van der Waals surface area contributed by atoms with Gasteiger partial charge >= 0.3 is 0 Å². The van der Waals surface area contributed by atoms with Crippen LogP contribution in [0.15, 0.2) is 30.6 Å². The van der Waals surface area contributed by atoms with E-state index < -0.39 is 0 Å². The molecule has 1 fully saturated rings. The van der Waals surface area contributed by atoms with Crippen LogP contribution in [-0.4, -0.2) is 23.1 Å². The van der Waals surface area contributed by atoms with Gasteiger partial charge in [-0.05, 0) is 31.0 Å². The van der Waals surface area contributed by atoms with Gasteiger partial charge in [0.15, 0.2) is 0 Å². The van der Waals surface area contributed by atoms with E-state index in [1.165, 1.54) is 0 Å². The summed E-state index contributed by atoms with van der Waals surface area (Å²) >= 11 is 0. The molecule has 1 aromatic heterocycles. The lowest BCUT2D eigenvalue weighted by atomic mass is 10.2. The molecule has 0 radical (unpaired) electrons. The fourth-order valence-electron chi connectivity index (χ4n) is 2.41. The molecule has 2 heterocycles. The maximum atomic E-state index is 14.1. The van der Waals surface area contributed by atoms with Crippen LogP contribution in [0.1, 0.15) is 18.7 Å². The van der Waals surface area contributed by atoms with E-state index in [0.29, 0.717) is 12.2 Å². The average molecular weight is 260 g/mol. The Morgan fingerprint density at radius 3 is 2.84 bits per heavy atom. The van der Waals surface area contributed by atoms with Crippen molar-refractivity contribution in [3.63, 3.8) is 0 Å². The lowest BCUT2D eigenvalue weighted by Gasteiger charge is -2.18.